The first-order valence-corrected chi connectivity index (χ1v) is 8.90. The van der Waals surface area contributed by atoms with Gasteiger partial charge in [0.2, 0.25) is 0 Å². The number of nitrogens with one attached hydrogen (secondary N) is 1. The molecule has 1 fully saturated rings. The molecule has 122 valence electrons. The van der Waals surface area contributed by atoms with Crippen molar-refractivity contribution in [2.45, 2.75) is 38.8 Å². The van der Waals surface area contributed by atoms with Gasteiger partial charge in [-0.1, -0.05) is 37.1 Å². The van der Waals surface area contributed by atoms with Crippen LogP contribution >= 0.6 is 11.7 Å². The van der Waals surface area contributed by atoms with Gasteiger partial charge < -0.3 is 5.32 Å². The molecule has 23 heavy (non-hydrogen) atoms. The van der Waals surface area contributed by atoms with Crippen LogP contribution in [0.3, 0.4) is 0 Å². The number of hydrogen-bond acceptors (Lipinski definition) is 5. The molecule has 1 aliphatic heterocycles. The lowest BCUT2D eigenvalue weighted by atomic mass is 10.1. The Kier molecular flexibility index (Phi) is 5.71. The first kappa shape index (κ1) is 16.1. The van der Waals surface area contributed by atoms with Crippen molar-refractivity contribution >= 4 is 17.6 Å². The van der Waals surface area contributed by atoms with Crippen LogP contribution in [0.15, 0.2) is 30.5 Å². The van der Waals surface area contributed by atoms with E-state index < -0.39 is 0 Å². The molecule has 0 aliphatic carbocycles. The fraction of sp³-hybridized carbons (Fsp3) is 0.471. The maximum absolute atomic E-state index is 11.8. The molecule has 1 saturated heterocycles. The average Bonchev–Trinajstić information content (AvgIpc) is 3.00. The Hall–Kier alpha value is -1.79. The summed E-state index contributed by atoms with van der Waals surface area (Å²) < 4.78 is 7.77. The minimum atomic E-state index is -0.174. The highest BCUT2D eigenvalue weighted by Gasteiger charge is 2.10. The van der Waals surface area contributed by atoms with Crippen molar-refractivity contribution in [3.63, 3.8) is 0 Å². The third-order valence-electron chi connectivity index (χ3n) is 4.17. The van der Waals surface area contributed by atoms with E-state index in [0.29, 0.717) is 12.2 Å². The van der Waals surface area contributed by atoms with Crippen LogP contribution in [0.25, 0.3) is 0 Å². The van der Waals surface area contributed by atoms with E-state index in [1.165, 1.54) is 50.5 Å². The van der Waals surface area contributed by atoms with Gasteiger partial charge in [-0.15, -0.1) is 0 Å². The smallest absolute Gasteiger partial charge is 0.272 e. The minimum Gasteiger partial charge on any atom is -0.347 e. The van der Waals surface area contributed by atoms with Gasteiger partial charge in [0, 0.05) is 13.1 Å². The summed E-state index contributed by atoms with van der Waals surface area (Å²) >= 11 is 1.04. The highest BCUT2D eigenvalue weighted by molar-refractivity contribution is 6.99. The third kappa shape index (κ3) is 4.84. The molecule has 0 unspecified atom stereocenters. The average molecular weight is 330 g/mol. The molecule has 0 spiro atoms. The van der Waals surface area contributed by atoms with Crippen molar-refractivity contribution < 1.29 is 4.79 Å². The number of likely N-dealkylation sites (tertiary alicyclic amines) is 1. The first-order valence-electron chi connectivity index (χ1n) is 8.17. The van der Waals surface area contributed by atoms with Crippen LogP contribution in [0.4, 0.5) is 0 Å². The Morgan fingerprint density at radius 2 is 1.78 bits per heavy atom. The Balaban J connectivity index is 1.49. The Morgan fingerprint density at radius 1 is 1.09 bits per heavy atom. The highest BCUT2D eigenvalue weighted by Crippen LogP contribution is 2.14. The van der Waals surface area contributed by atoms with Gasteiger partial charge in [-0.05, 0) is 37.1 Å². The number of amides is 1. The summed E-state index contributed by atoms with van der Waals surface area (Å²) in [4.78, 5) is 14.4. The number of carbonyl (C=O) groups excluding carboxylic acids is 1. The SMILES string of the molecule is O=C(NCc1ccc(CN2CCCCCC2)cc1)c1cnsn1. The predicted molar refractivity (Wildman–Crippen MR) is 91.3 cm³/mol. The molecular weight excluding hydrogens is 308 g/mol. The van der Waals surface area contributed by atoms with Crippen molar-refractivity contribution in [2.24, 2.45) is 0 Å². The first-order chi connectivity index (χ1) is 11.3. The zero-order chi connectivity index (χ0) is 15.9. The van der Waals surface area contributed by atoms with E-state index in [0.717, 1.165) is 23.8 Å². The quantitative estimate of drug-likeness (QED) is 0.916. The summed E-state index contributed by atoms with van der Waals surface area (Å²) in [6.45, 7) is 3.95. The van der Waals surface area contributed by atoms with Crippen LogP contribution in [-0.4, -0.2) is 32.6 Å². The Bertz CT molecular complexity index is 604. The lowest BCUT2D eigenvalue weighted by Gasteiger charge is -2.19. The summed E-state index contributed by atoms with van der Waals surface area (Å²) in [6, 6.07) is 8.51. The van der Waals surface area contributed by atoms with Gasteiger partial charge in [0.1, 0.15) is 0 Å². The Morgan fingerprint density at radius 3 is 2.43 bits per heavy atom. The number of rotatable bonds is 5. The van der Waals surface area contributed by atoms with Gasteiger partial charge in [0.05, 0.1) is 17.9 Å². The monoisotopic (exact) mass is 330 g/mol. The van der Waals surface area contributed by atoms with E-state index >= 15 is 0 Å². The molecule has 5 nitrogen and oxygen atoms in total. The molecule has 6 heteroatoms. The van der Waals surface area contributed by atoms with E-state index in [1.54, 1.807) is 0 Å². The van der Waals surface area contributed by atoms with Crippen molar-refractivity contribution in [1.29, 1.82) is 0 Å². The molecule has 1 aromatic carbocycles. The largest absolute Gasteiger partial charge is 0.347 e. The number of hydrogen-bond donors (Lipinski definition) is 1. The molecular formula is C17H22N4OS. The van der Waals surface area contributed by atoms with Crippen LogP contribution < -0.4 is 5.32 Å². The summed E-state index contributed by atoms with van der Waals surface area (Å²) in [5.41, 5.74) is 2.82. The van der Waals surface area contributed by atoms with Crippen LogP contribution in [-0.2, 0) is 13.1 Å². The van der Waals surface area contributed by atoms with E-state index in [1.807, 2.05) is 0 Å². The second-order valence-corrected chi connectivity index (χ2v) is 6.54. The zero-order valence-electron chi connectivity index (χ0n) is 13.2. The van der Waals surface area contributed by atoms with Gasteiger partial charge in [0.15, 0.2) is 5.69 Å². The predicted octanol–water partition coefficient (Wildman–Crippen LogP) is 2.84. The second-order valence-electron chi connectivity index (χ2n) is 5.98. The van der Waals surface area contributed by atoms with Crippen molar-refractivity contribution in [3.8, 4) is 0 Å². The van der Waals surface area contributed by atoms with Crippen LogP contribution in [0.2, 0.25) is 0 Å². The number of carbonyl (C=O) groups is 1. The molecule has 2 heterocycles. The molecule has 1 aromatic heterocycles. The molecule has 0 bridgehead atoms. The molecule has 3 rings (SSSR count). The van der Waals surface area contributed by atoms with Crippen LogP contribution in [0.1, 0.15) is 47.3 Å². The summed E-state index contributed by atoms with van der Waals surface area (Å²) in [7, 11) is 0. The highest BCUT2D eigenvalue weighted by atomic mass is 32.1. The zero-order valence-corrected chi connectivity index (χ0v) is 14.0. The molecule has 0 saturated carbocycles. The van der Waals surface area contributed by atoms with E-state index in [2.05, 4.69) is 43.2 Å². The second kappa shape index (κ2) is 8.17. The standard InChI is InChI=1S/C17H22N4OS/c22-17(16-12-19-23-20-16)18-11-14-5-7-15(8-6-14)13-21-9-3-1-2-4-10-21/h5-8,12H,1-4,9-11,13H2,(H,18,22). The lowest BCUT2D eigenvalue weighted by molar-refractivity contribution is 0.0947. The topological polar surface area (TPSA) is 58.1 Å². The van der Waals surface area contributed by atoms with Crippen LogP contribution in [0, 0.1) is 0 Å². The number of nitrogens with zero attached hydrogens (tertiary/aromatic N) is 3. The van der Waals surface area contributed by atoms with Gasteiger partial charge in [-0.2, -0.15) is 8.75 Å². The van der Waals surface area contributed by atoms with Crippen LogP contribution in [0.5, 0.6) is 0 Å². The molecule has 0 radical (unpaired) electrons. The maximum atomic E-state index is 11.8. The molecule has 1 aliphatic rings. The fourth-order valence-electron chi connectivity index (χ4n) is 2.85. The number of benzene rings is 1. The summed E-state index contributed by atoms with van der Waals surface area (Å²) in [5, 5.41) is 2.87. The Labute approximate surface area is 141 Å². The van der Waals surface area contributed by atoms with Crippen molar-refractivity contribution in [1.82, 2.24) is 19.0 Å². The van der Waals surface area contributed by atoms with Crippen molar-refractivity contribution in [2.75, 3.05) is 13.1 Å². The molecule has 2 aromatic rings. The lowest BCUT2D eigenvalue weighted by Crippen LogP contribution is -2.24. The normalized spacial score (nSPS) is 16.0. The molecule has 1 amide bonds. The number of aromatic nitrogens is 2. The van der Waals surface area contributed by atoms with Gasteiger partial charge in [0.25, 0.3) is 5.91 Å². The fourth-order valence-corrected chi connectivity index (χ4v) is 3.26. The van der Waals surface area contributed by atoms with E-state index in [-0.39, 0.29) is 5.91 Å². The summed E-state index contributed by atoms with van der Waals surface area (Å²) in [5.74, 6) is -0.174. The minimum absolute atomic E-state index is 0.174. The molecule has 0 atom stereocenters. The van der Waals surface area contributed by atoms with E-state index in [9.17, 15) is 4.79 Å². The third-order valence-corrected chi connectivity index (χ3v) is 4.65. The van der Waals surface area contributed by atoms with Gasteiger partial charge >= 0.3 is 0 Å². The van der Waals surface area contributed by atoms with E-state index in [4.69, 9.17) is 0 Å². The maximum Gasteiger partial charge on any atom is 0.272 e. The van der Waals surface area contributed by atoms with Crippen molar-refractivity contribution in [3.05, 3.63) is 47.3 Å². The van der Waals surface area contributed by atoms with Gasteiger partial charge in [-0.3, -0.25) is 9.69 Å². The van der Waals surface area contributed by atoms with Gasteiger partial charge in [-0.25, -0.2) is 0 Å². The summed E-state index contributed by atoms with van der Waals surface area (Å²) in [6.07, 6.45) is 6.85. The molecule has 1 N–H and O–H groups in total.